The average molecular weight is 548 g/mol. The number of aromatic nitrogens is 1. The molecular weight excluding hydrogens is 506 g/mol. The van der Waals surface area contributed by atoms with Gasteiger partial charge in [-0.05, 0) is 67.6 Å². The van der Waals surface area contributed by atoms with E-state index in [9.17, 15) is 15.0 Å². The quantitative estimate of drug-likeness (QED) is 0.416. The number of carbonyl (C=O) groups is 1. The molecule has 0 amide bonds. The standard InChI is InChI=1S/C33H41NO6/c1-17-14-32-18(2)12-23-25(30(23,3)4)21(26(32)35)13-19-16-38-31(5,6)40-28(19)33(32,37)27(17)39-29(36)22-15-34(7)24-11-9-8-10-20(22)24/h8-11,13-15,18,21,23,25-28,35,37H,12,16H2,1-7H3/t18-,21+,23-,25+,26?,27+,28-,32+,33-/m1/s1. The van der Waals surface area contributed by atoms with Gasteiger partial charge >= 0.3 is 5.97 Å². The summed E-state index contributed by atoms with van der Waals surface area (Å²) in [6.07, 6.45) is 4.12. The molecule has 1 spiro atoms. The molecule has 3 fully saturated rings. The summed E-state index contributed by atoms with van der Waals surface area (Å²) >= 11 is 0. The predicted molar refractivity (Wildman–Crippen MR) is 150 cm³/mol. The average Bonchev–Trinajstić information content (AvgIpc) is 3.19. The first kappa shape index (κ1) is 26.4. The Balaban J connectivity index is 1.38. The summed E-state index contributed by atoms with van der Waals surface area (Å²) < 4.78 is 20.9. The second-order valence-corrected chi connectivity index (χ2v) is 14.1. The summed E-state index contributed by atoms with van der Waals surface area (Å²) in [5.41, 5.74) is 0.245. The number of nitrogens with zero attached hydrogens (tertiary/aromatic N) is 1. The van der Waals surface area contributed by atoms with Gasteiger partial charge in [0.15, 0.2) is 11.9 Å². The number of hydrogen-bond acceptors (Lipinski definition) is 6. The third kappa shape index (κ3) is 3.18. The van der Waals surface area contributed by atoms with Gasteiger partial charge in [0.25, 0.3) is 0 Å². The van der Waals surface area contributed by atoms with E-state index in [1.807, 2.05) is 62.7 Å². The molecule has 2 N–H and O–H groups in total. The summed E-state index contributed by atoms with van der Waals surface area (Å²) in [7, 11) is 1.90. The lowest BCUT2D eigenvalue weighted by Crippen LogP contribution is -2.69. The molecule has 7 nitrogen and oxygen atoms in total. The molecule has 2 saturated carbocycles. The first-order valence-electron chi connectivity index (χ1n) is 14.6. The van der Waals surface area contributed by atoms with Crippen molar-refractivity contribution in [2.45, 2.75) is 77.7 Å². The van der Waals surface area contributed by atoms with Crippen LogP contribution < -0.4 is 0 Å². The van der Waals surface area contributed by atoms with Crippen LogP contribution in [0.1, 0.15) is 58.3 Å². The van der Waals surface area contributed by atoms with Crippen LogP contribution in [0.3, 0.4) is 0 Å². The van der Waals surface area contributed by atoms with Crippen LogP contribution >= 0.6 is 0 Å². The van der Waals surface area contributed by atoms with Crippen molar-refractivity contribution in [1.82, 2.24) is 4.57 Å². The first-order valence-corrected chi connectivity index (χ1v) is 14.6. The van der Waals surface area contributed by atoms with Crippen molar-refractivity contribution in [1.29, 1.82) is 0 Å². The van der Waals surface area contributed by atoms with Gasteiger partial charge in [-0.15, -0.1) is 0 Å². The van der Waals surface area contributed by atoms with E-state index < -0.39 is 41.1 Å². The lowest BCUT2D eigenvalue weighted by molar-refractivity contribution is -0.312. The van der Waals surface area contributed by atoms with Crippen LogP contribution in [0.15, 0.2) is 53.8 Å². The lowest BCUT2D eigenvalue weighted by Gasteiger charge is -2.55. The van der Waals surface area contributed by atoms with Crippen molar-refractivity contribution in [3.63, 3.8) is 0 Å². The lowest BCUT2D eigenvalue weighted by atomic mass is 9.58. The smallest absolute Gasteiger partial charge is 0.341 e. The third-order valence-electron chi connectivity index (χ3n) is 11.3. The van der Waals surface area contributed by atoms with E-state index >= 15 is 0 Å². The molecule has 2 heterocycles. The number of para-hydroxylation sites is 1. The number of rotatable bonds is 2. The molecule has 2 aromatic rings. The summed E-state index contributed by atoms with van der Waals surface area (Å²) in [6.45, 7) is 12.6. The van der Waals surface area contributed by atoms with Crippen molar-refractivity contribution in [3.8, 4) is 0 Å². The molecule has 1 aromatic carbocycles. The normalized spacial score (nSPS) is 42.5. The highest BCUT2D eigenvalue weighted by Gasteiger charge is 2.77. The van der Waals surface area contributed by atoms with Crippen LogP contribution in [0, 0.1) is 34.5 Å². The Morgan fingerprint density at radius 2 is 1.90 bits per heavy atom. The minimum atomic E-state index is -1.72. The predicted octanol–water partition coefficient (Wildman–Crippen LogP) is 4.76. The highest BCUT2D eigenvalue weighted by molar-refractivity contribution is 6.04. The SMILES string of the molecule is CC1=C[C@]23C(O)[C@@H](C=C4COC(C)(C)O[C@H]4[C@]2(O)[C@H]1OC(=O)c1cn(C)c2ccccc12)[C@H]1[C@@H](C[C@H]3C)C1(C)C. The van der Waals surface area contributed by atoms with Gasteiger partial charge < -0.3 is 29.0 Å². The molecule has 1 saturated heterocycles. The second-order valence-electron chi connectivity index (χ2n) is 14.1. The van der Waals surface area contributed by atoms with Gasteiger partial charge in [-0.1, -0.05) is 51.1 Å². The molecule has 4 aliphatic carbocycles. The molecule has 5 aliphatic rings. The molecule has 9 atom stereocenters. The Labute approximate surface area is 235 Å². The van der Waals surface area contributed by atoms with Crippen LogP contribution in [-0.2, 0) is 21.3 Å². The second kappa shape index (κ2) is 8.09. The molecule has 7 heteroatoms. The third-order valence-corrected chi connectivity index (χ3v) is 11.3. The number of carbonyl (C=O) groups excluding carboxylic acids is 1. The Morgan fingerprint density at radius 3 is 2.65 bits per heavy atom. The highest BCUT2D eigenvalue weighted by atomic mass is 16.7. The van der Waals surface area contributed by atoms with E-state index in [2.05, 4.69) is 26.8 Å². The van der Waals surface area contributed by atoms with E-state index in [-0.39, 0.29) is 23.9 Å². The molecule has 40 heavy (non-hydrogen) atoms. The molecule has 2 bridgehead atoms. The maximum absolute atomic E-state index is 13.9. The van der Waals surface area contributed by atoms with Crippen molar-refractivity contribution < 1.29 is 29.2 Å². The van der Waals surface area contributed by atoms with Crippen molar-refractivity contribution in [2.24, 2.45) is 41.5 Å². The first-order chi connectivity index (χ1) is 18.7. The molecule has 1 aromatic heterocycles. The monoisotopic (exact) mass is 547 g/mol. The molecular formula is C33H41NO6. The van der Waals surface area contributed by atoms with Gasteiger partial charge in [0.2, 0.25) is 0 Å². The maximum Gasteiger partial charge on any atom is 0.341 e. The number of ether oxygens (including phenoxy) is 3. The van der Waals surface area contributed by atoms with Gasteiger partial charge in [0.1, 0.15) is 11.7 Å². The summed E-state index contributed by atoms with van der Waals surface area (Å²) in [4.78, 5) is 13.9. The van der Waals surface area contributed by atoms with Gasteiger partial charge in [-0.25, -0.2) is 4.79 Å². The molecule has 0 radical (unpaired) electrons. The van der Waals surface area contributed by atoms with E-state index in [1.165, 1.54) is 0 Å². The van der Waals surface area contributed by atoms with Crippen molar-refractivity contribution in [3.05, 3.63) is 59.3 Å². The molecule has 7 rings (SSSR count). The summed E-state index contributed by atoms with van der Waals surface area (Å²) in [6, 6.07) is 7.71. The van der Waals surface area contributed by atoms with Gasteiger partial charge in [-0.3, -0.25) is 0 Å². The Morgan fingerprint density at radius 1 is 1.18 bits per heavy atom. The van der Waals surface area contributed by atoms with Crippen LogP contribution in [0.5, 0.6) is 0 Å². The number of aliphatic hydroxyl groups excluding tert-OH is 1. The highest BCUT2D eigenvalue weighted by Crippen LogP contribution is 2.73. The van der Waals surface area contributed by atoms with Crippen LogP contribution in [-0.4, -0.2) is 57.1 Å². The number of aryl methyl sites for hydroxylation is 1. The van der Waals surface area contributed by atoms with Crippen LogP contribution in [0.2, 0.25) is 0 Å². The van der Waals surface area contributed by atoms with Crippen molar-refractivity contribution in [2.75, 3.05) is 6.61 Å². The van der Waals surface area contributed by atoms with Crippen LogP contribution in [0.25, 0.3) is 10.9 Å². The maximum atomic E-state index is 13.9. The Bertz CT molecular complexity index is 1480. The van der Waals surface area contributed by atoms with Crippen LogP contribution in [0.4, 0.5) is 0 Å². The number of hydrogen-bond donors (Lipinski definition) is 2. The van der Waals surface area contributed by atoms with Gasteiger partial charge in [0, 0.05) is 30.1 Å². The molecule has 1 unspecified atom stereocenters. The van der Waals surface area contributed by atoms with Gasteiger partial charge in [0.05, 0.1) is 23.7 Å². The topological polar surface area (TPSA) is 90.2 Å². The molecule has 1 aliphatic heterocycles. The number of benzene rings is 1. The van der Waals surface area contributed by atoms with E-state index in [4.69, 9.17) is 14.2 Å². The van der Waals surface area contributed by atoms with E-state index in [0.717, 1.165) is 28.5 Å². The number of esters is 1. The fourth-order valence-electron chi connectivity index (χ4n) is 9.28. The summed E-state index contributed by atoms with van der Waals surface area (Å²) in [5, 5.41) is 26.4. The van der Waals surface area contributed by atoms with Crippen molar-refractivity contribution >= 4 is 16.9 Å². The Hall–Kier alpha value is -2.45. The fourth-order valence-corrected chi connectivity index (χ4v) is 9.28. The van der Waals surface area contributed by atoms with E-state index in [1.54, 1.807) is 6.20 Å². The molecule has 214 valence electrons. The number of fused-ring (bicyclic) bond motifs is 6. The number of aliphatic hydroxyl groups is 2. The zero-order valence-corrected chi connectivity index (χ0v) is 24.5. The van der Waals surface area contributed by atoms with Gasteiger partial charge in [-0.2, -0.15) is 0 Å². The minimum absolute atomic E-state index is 0.0784. The fraction of sp³-hybridized carbons (Fsp3) is 0.606. The zero-order valence-electron chi connectivity index (χ0n) is 24.5. The minimum Gasteiger partial charge on any atom is -0.451 e. The summed E-state index contributed by atoms with van der Waals surface area (Å²) in [5.74, 6) is -0.971. The Kier molecular flexibility index (Phi) is 5.35. The zero-order chi connectivity index (χ0) is 28.6. The van der Waals surface area contributed by atoms with E-state index in [0.29, 0.717) is 17.4 Å². The largest absolute Gasteiger partial charge is 0.451 e.